The van der Waals surface area contributed by atoms with Gasteiger partial charge < -0.3 is 15.5 Å². The summed E-state index contributed by atoms with van der Waals surface area (Å²) in [6.07, 6.45) is 3.54. The van der Waals surface area contributed by atoms with E-state index in [1.54, 1.807) is 19.5 Å². The third kappa shape index (κ3) is 2.31. The standard InChI is InChI=1S/C13H17N3O/c1-9-3-4-12(17-2)10(7-9)11(8-14)13-15-5-6-16-13/h3-7,11H,8,14H2,1-2H3,(H,15,16). The van der Waals surface area contributed by atoms with Crippen molar-refractivity contribution in [3.63, 3.8) is 0 Å². The molecule has 0 bridgehead atoms. The van der Waals surface area contributed by atoms with Gasteiger partial charge in [-0.25, -0.2) is 4.98 Å². The lowest BCUT2D eigenvalue weighted by molar-refractivity contribution is 0.407. The summed E-state index contributed by atoms with van der Waals surface area (Å²) in [5, 5.41) is 0. The first-order chi connectivity index (χ1) is 8.26. The zero-order chi connectivity index (χ0) is 12.3. The summed E-state index contributed by atoms with van der Waals surface area (Å²) < 4.78 is 5.38. The van der Waals surface area contributed by atoms with Gasteiger partial charge in [0.15, 0.2) is 0 Å². The Balaban J connectivity index is 2.46. The van der Waals surface area contributed by atoms with Crippen molar-refractivity contribution in [2.75, 3.05) is 13.7 Å². The highest BCUT2D eigenvalue weighted by Crippen LogP contribution is 2.30. The number of nitrogens with one attached hydrogen (secondary N) is 1. The summed E-state index contributed by atoms with van der Waals surface area (Å²) in [5.41, 5.74) is 8.11. The molecular formula is C13H17N3O. The van der Waals surface area contributed by atoms with E-state index in [9.17, 15) is 0 Å². The van der Waals surface area contributed by atoms with Crippen LogP contribution in [0.3, 0.4) is 0 Å². The smallest absolute Gasteiger partial charge is 0.122 e. The molecule has 0 spiro atoms. The highest BCUT2D eigenvalue weighted by atomic mass is 16.5. The predicted octanol–water partition coefficient (Wildman–Crippen LogP) is 1.82. The van der Waals surface area contributed by atoms with Crippen molar-refractivity contribution in [1.82, 2.24) is 9.97 Å². The second-order valence-electron chi connectivity index (χ2n) is 4.01. The molecule has 1 aromatic heterocycles. The number of aryl methyl sites for hydroxylation is 1. The molecule has 3 N–H and O–H groups in total. The quantitative estimate of drug-likeness (QED) is 0.843. The minimum atomic E-state index is 0.0415. The molecule has 0 fully saturated rings. The molecule has 1 atom stereocenters. The van der Waals surface area contributed by atoms with Gasteiger partial charge in [0.05, 0.1) is 13.0 Å². The lowest BCUT2D eigenvalue weighted by Crippen LogP contribution is -2.16. The van der Waals surface area contributed by atoms with Crippen LogP contribution in [0.4, 0.5) is 0 Å². The Hall–Kier alpha value is -1.81. The number of aromatic nitrogens is 2. The Bertz CT molecular complexity index is 479. The Labute approximate surface area is 101 Å². The van der Waals surface area contributed by atoms with Gasteiger partial charge in [-0.15, -0.1) is 0 Å². The molecule has 2 rings (SSSR count). The minimum absolute atomic E-state index is 0.0415. The highest BCUT2D eigenvalue weighted by Gasteiger charge is 2.18. The van der Waals surface area contributed by atoms with Gasteiger partial charge in [-0.1, -0.05) is 17.7 Å². The molecular weight excluding hydrogens is 214 g/mol. The third-order valence-electron chi connectivity index (χ3n) is 2.85. The average Bonchev–Trinajstić information content (AvgIpc) is 2.84. The maximum Gasteiger partial charge on any atom is 0.122 e. The van der Waals surface area contributed by atoms with E-state index in [4.69, 9.17) is 10.5 Å². The lowest BCUT2D eigenvalue weighted by Gasteiger charge is -2.17. The number of nitrogens with two attached hydrogens (primary N) is 1. The molecule has 1 unspecified atom stereocenters. The number of aromatic amines is 1. The Morgan fingerprint density at radius 3 is 2.88 bits per heavy atom. The minimum Gasteiger partial charge on any atom is -0.496 e. The maximum absolute atomic E-state index is 5.85. The van der Waals surface area contributed by atoms with Crippen molar-refractivity contribution in [1.29, 1.82) is 0 Å². The summed E-state index contributed by atoms with van der Waals surface area (Å²) in [7, 11) is 1.67. The van der Waals surface area contributed by atoms with Crippen LogP contribution in [0.1, 0.15) is 22.9 Å². The molecule has 0 amide bonds. The summed E-state index contributed by atoms with van der Waals surface area (Å²) in [4.78, 5) is 7.39. The van der Waals surface area contributed by atoms with E-state index < -0.39 is 0 Å². The summed E-state index contributed by atoms with van der Waals surface area (Å²) in [6, 6.07) is 6.09. The first-order valence-electron chi connectivity index (χ1n) is 5.60. The predicted molar refractivity (Wildman–Crippen MR) is 67.2 cm³/mol. The van der Waals surface area contributed by atoms with E-state index in [2.05, 4.69) is 23.0 Å². The topological polar surface area (TPSA) is 63.9 Å². The van der Waals surface area contributed by atoms with Crippen LogP contribution in [-0.4, -0.2) is 23.6 Å². The molecule has 2 aromatic rings. The number of hydrogen-bond donors (Lipinski definition) is 2. The van der Waals surface area contributed by atoms with Crippen LogP contribution in [0, 0.1) is 6.92 Å². The third-order valence-corrected chi connectivity index (χ3v) is 2.85. The van der Waals surface area contributed by atoms with E-state index in [0.29, 0.717) is 6.54 Å². The van der Waals surface area contributed by atoms with Crippen molar-refractivity contribution < 1.29 is 4.74 Å². The van der Waals surface area contributed by atoms with Crippen LogP contribution in [0.5, 0.6) is 5.75 Å². The first-order valence-corrected chi connectivity index (χ1v) is 5.60. The van der Waals surface area contributed by atoms with Crippen LogP contribution in [0.25, 0.3) is 0 Å². The van der Waals surface area contributed by atoms with Crippen molar-refractivity contribution in [3.05, 3.63) is 47.5 Å². The number of nitrogens with zero attached hydrogens (tertiary/aromatic N) is 1. The molecule has 0 saturated carbocycles. The summed E-state index contributed by atoms with van der Waals surface area (Å²) in [6.45, 7) is 2.55. The number of H-pyrrole nitrogens is 1. The highest BCUT2D eigenvalue weighted by molar-refractivity contribution is 5.42. The second-order valence-corrected chi connectivity index (χ2v) is 4.01. The molecule has 0 aliphatic heterocycles. The molecule has 1 heterocycles. The van der Waals surface area contributed by atoms with Crippen LogP contribution in [0.15, 0.2) is 30.6 Å². The Morgan fingerprint density at radius 2 is 2.29 bits per heavy atom. The number of hydrogen-bond acceptors (Lipinski definition) is 3. The Morgan fingerprint density at radius 1 is 1.47 bits per heavy atom. The van der Waals surface area contributed by atoms with E-state index in [0.717, 1.165) is 17.1 Å². The van der Waals surface area contributed by atoms with Gasteiger partial charge in [0.1, 0.15) is 11.6 Å². The monoisotopic (exact) mass is 231 g/mol. The number of imidazole rings is 1. The molecule has 17 heavy (non-hydrogen) atoms. The van der Waals surface area contributed by atoms with Crippen molar-refractivity contribution in [2.45, 2.75) is 12.8 Å². The number of benzene rings is 1. The van der Waals surface area contributed by atoms with Crippen molar-refractivity contribution >= 4 is 0 Å². The lowest BCUT2D eigenvalue weighted by atomic mass is 9.96. The van der Waals surface area contributed by atoms with E-state index >= 15 is 0 Å². The van der Waals surface area contributed by atoms with Crippen LogP contribution >= 0.6 is 0 Å². The van der Waals surface area contributed by atoms with Crippen LogP contribution in [-0.2, 0) is 0 Å². The molecule has 0 saturated heterocycles. The molecule has 0 aliphatic carbocycles. The number of methoxy groups -OCH3 is 1. The first kappa shape index (κ1) is 11.7. The van der Waals surface area contributed by atoms with Gasteiger partial charge in [-0.3, -0.25) is 0 Å². The second kappa shape index (κ2) is 5.01. The van der Waals surface area contributed by atoms with E-state index in [-0.39, 0.29) is 5.92 Å². The normalized spacial score (nSPS) is 12.4. The zero-order valence-electron chi connectivity index (χ0n) is 10.1. The molecule has 0 aliphatic rings. The van der Waals surface area contributed by atoms with Gasteiger partial charge in [-0.05, 0) is 13.0 Å². The summed E-state index contributed by atoms with van der Waals surface area (Å²) in [5.74, 6) is 1.76. The fourth-order valence-corrected chi connectivity index (χ4v) is 1.98. The molecule has 4 heteroatoms. The molecule has 0 radical (unpaired) electrons. The maximum atomic E-state index is 5.85. The SMILES string of the molecule is COc1ccc(C)cc1C(CN)c1ncc[nH]1. The zero-order valence-corrected chi connectivity index (χ0v) is 10.1. The van der Waals surface area contributed by atoms with E-state index in [1.165, 1.54) is 5.56 Å². The van der Waals surface area contributed by atoms with Gasteiger partial charge in [0, 0.05) is 24.5 Å². The van der Waals surface area contributed by atoms with Gasteiger partial charge in [-0.2, -0.15) is 0 Å². The van der Waals surface area contributed by atoms with Crippen molar-refractivity contribution in [2.24, 2.45) is 5.73 Å². The average molecular weight is 231 g/mol. The van der Waals surface area contributed by atoms with Gasteiger partial charge in [0.2, 0.25) is 0 Å². The number of rotatable bonds is 4. The van der Waals surface area contributed by atoms with Crippen LogP contribution in [0.2, 0.25) is 0 Å². The fourth-order valence-electron chi connectivity index (χ4n) is 1.98. The van der Waals surface area contributed by atoms with Crippen LogP contribution < -0.4 is 10.5 Å². The molecule has 1 aromatic carbocycles. The fraction of sp³-hybridized carbons (Fsp3) is 0.308. The molecule has 4 nitrogen and oxygen atoms in total. The largest absolute Gasteiger partial charge is 0.496 e. The van der Waals surface area contributed by atoms with E-state index in [1.807, 2.05) is 12.1 Å². The Kier molecular flexibility index (Phi) is 3.44. The van der Waals surface area contributed by atoms with Gasteiger partial charge >= 0.3 is 0 Å². The van der Waals surface area contributed by atoms with Gasteiger partial charge in [0.25, 0.3) is 0 Å². The number of ether oxygens (including phenoxy) is 1. The van der Waals surface area contributed by atoms with Crippen molar-refractivity contribution in [3.8, 4) is 5.75 Å². The summed E-state index contributed by atoms with van der Waals surface area (Å²) >= 11 is 0. The molecule has 90 valence electrons.